The summed E-state index contributed by atoms with van der Waals surface area (Å²) < 4.78 is 0. The van der Waals surface area contributed by atoms with Gasteiger partial charge in [-0.15, -0.1) is 0 Å². The first kappa shape index (κ1) is 11.4. The van der Waals surface area contributed by atoms with Crippen molar-refractivity contribution in [1.29, 1.82) is 0 Å². The molecule has 0 aliphatic rings. The first-order chi connectivity index (χ1) is 8.16. The summed E-state index contributed by atoms with van der Waals surface area (Å²) in [6.45, 7) is 4.39. The van der Waals surface area contributed by atoms with Gasteiger partial charge in [-0.05, 0) is 19.4 Å². The van der Waals surface area contributed by atoms with E-state index in [0.717, 1.165) is 11.3 Å². The molecule has 0 saturated carbocycles. The number of aryl methyl sites for hydroxylation is 2. The van der Waals surface area contributed by atoms with Crippen LogP contribution in [0.2, 0.25) is 0 Å². The zero-order valence-corrected chi connectivity index (χ0v) is 9.95. The van der Waals surface area contributed by atoms with E-state index in [9.17, 15) is 4.79 Å². The normalized spacial score (nSPS) is 10.2. The summed E-state index contributed by atoms with van der Waals surface area (Å²) in [5, 5.41) is 9.44. The second-order valence-corrected chi connectivity index (χ2v) is 4.08. The number of benzene rings is 1. The van der Waals surface area contributed by atoms with Gasteiger partial charge in [0.2, 0.25) is 0 Å². The van der Waals surface area contributed by atoms with Gasteiger partial charge in [-0.2, -0.15) is 5.10 Å². The zero-order chi connectivity index (χ0) is 12.3. The average Bonchev–Trinajstić information content (AvgIpc) is 2.72. The van der Waals surface area contributed by atoms with Gasteiger partial charge in [0, 0.05) is 12.2 Å². The minimum atomic E-state index is -0.0993. The molecule has 1 heterocycles. The number of rotatable bonds is 3. The molecule has 0 unspecified atom stereocenters. The number of carbonyl (C=O) groups excluding carboxylic acids is 1. The van der Waals surface area contributed by atoms with Gasteiger partial charge >= 0.3 is 0 Å². The highest BCUT2D eigenvalue weighted by Crippen LogP contribution is 2.05. The lowest BCUT2D eigenvalue weighted by molar-refractivity contribution is 0.0950. The maximum atomic E-state index is 11.8. The summed E-state index contributed by atoms with van der Waals surface area (Å²) >= 11 is 0. The van der Waals surface area contributed by atoms with Gasteiger partial charge < -0.3 is 5.32 Å². The second-order valence-electron chi connectivity index (χ2n) is 4.08. The van der Waals surface area contributed by atoms with E-state index < -0.39 is 0 Å². The van der Waals surface area contributed by atoms with Gasteiger partial charge in [0.25, 0.3) is 5.91 Å². The van der Waals surface area contributed by atoms with Crippen LogP contribution >= 0.6 is 0 Å². The maximum absolute atomic E-state index is 11.8. The van der Waals surface area contributed by atoms with E-state index in [1.807, 2.05) is 32.0 Å². The van der Waals surface area contributed by atoms with Crippen LogP contribution in [0.15, 0.2) is 30.5 Å². The van der Waals surface area contributed by atoms with Crippen LogP contribution in [-0.4, -0.2) is 16.1 Å². The van der Waals surface area contributed by atoms with E-state index >= 15 is 0 Å². The topological polar surface area (TPSA) is 57.8 Å². The van der Waals surface area contributed by atoms with Crippen molar-refractivity contribution < 1.29 is 4.79 Å². The molecule has 0 bridgehead atoms. The fraction of sp³-hybridized carbons (Fsp3) is 0.231. The van der Waals surface area contributed by atoms with Crippen molar-refractivity contribution in [1.82, 2.24) is 15.5 Å². The summed E-state index contributed by atoms with van der Waals surface area (Å²) in [6, 6.07) is 8.07. The highest BCUT2D eigenvalue weighted by molar-refractivity contribution is 5.94. The van der Waals surface area contributed by atoms with E-state index in [2.05, 4.69) is 21.6 Å². The molecule has 4 nitrogen and oxygen atoms in total. The van der Waals surface area contributed by atoms with Crippen LogP contribution < -0.4 is 5.32 Å². The van der Waals surface area contributed by atoms with E-state index in [0.29, 0.717) is 12.1 Å². The fourth-order valence-corrected chi connectivity index (χ4v) is 1.68. The van der Waals surface area contributed by atoms with Gasteiger partial charge in [-0.1, -0.05) is 29.8 Å². The van der Waals surface area contributed by atoms with Crippen LogP contribution in [0, 0.1) is 13.8 Å². The molecule has 2 rings (SSSR count). The molecule has 0 aliphatic carbocycles. The van der Waals surface area contributed by atoms with E-state index in [-0.39, 0.29) is 5.91 Å². The molecule has 0 radical (unpaired) electrons. The minimum Gasteiger partial charge on any atom is -0.348 e. The number of hydrogen-bond donors (Lipinski definition) is 2. The Balaban J connectivity index is 1.99. The number of carbonyl (C=O) groups is 1. The third-order valence-electron chi connectivity index (χ3n) is 2.61. The van der Waals surface area contributed by atoms with Crippen molar-refractivity contribution in [2.75, 3.05) is 0 Å². The van der Waals surface area contributed by atoms with Gasteiger partial charge in [-0.3, -0.25) is 9.89 Å². The van der Waals surface area contributed by atoms with Crippen molar-refractivity contribution in [3.05, 3.63) is 52.8 Å². The van der Waals surface area contributed by atoms with E-state index in [1.165, 1.54) is 5.56 Å². The zero-order valence-electron chi connectivity index (χ0n) is 9.95. The van der Waals surface area contributed by atoms with Gasteiger partial charge in [0.05, 0.1) is 11.8 Å². The third-order valence-corrected chi connectivity index (χ3v) is 2.61. The molecule has 4 heteroatoms. The van der Waals surface area contributed by atoms with Crippen LogP contribution in [0.25, 0.3) is 0 Å². The molecule has 0 aliphatic heterocycles. The molecule has 0 fully saturated rings. The van der Waals surface area contributed by atoms with Crippen molar-refractivity contribution in [2.45, 2.75) is 20.4 Å². The Hall–Kier alpha value is -2.10. The third kappa shape index (κ3) is 2.72. The van der Waals surface area contributed by atoms with Crippen molar-refractivity contribution in [2.24, 2.45) is 0 Å². The Bertz CT molecular complexity index is 531. The molecule has 2 N–H and O–H groups in total. The lowest BCUT2D eigenvalue weighted by Crippen LogP contribution is -2.23. The highest BCUT2D eigenvalue weighted by atomic mass is 16.1. The second kappa shape index (κ2) is 4.82. The standard InChI is InChI=1S/C13H15N3O/c1-9-4-3-5-11(6-9)7-14-13(17)12-8-15-16-10(12)2/h3-6,8H,7H2,1-2H3,(H,14,17)(H,15,16). The molecular weight excluding hydrogens is 214 g/mol. The Morgan fingerprint density at radius 2 is 2.24 bits per heavy atom. The molecule has 17 heavy (non-hydrogen) atoms. The minimum absolute atomic E-state index is 0.0993. The predicted molar refractivity (Wildman–Crippen MR) is 65.7 cm³/mol. The quantitative estimate of drug-likeness (QED) is 0.845. The maximum Gasteiger partial charge on any atom is 0.255 e. The molecular formula is C13H15N3O. The summed E-state index contributed by atoms with van der Waals surface area (Å²) in [5.74, 6) is -0.0993. The van der Waals surface area contributed by atoms with Crippen molar-refractivity contribution in [3.63, 3.8) is 0 Å². The van der Waals surface area contributed by atoms with Gasteiger partial charge in [0.15, 0.2) is 0 Å². The van der Waals surface area contributed by atoms with Crippen LogP contribution in [0.1, 0.15) is 27.2 Å². The lowest BCUT2D eigenvalue weighted by atomic mass is 10.1. The molecule has 1 amide bonds. The number of H-pyrrole nitrogens is 1. The van der Waals surface area contributed by atoms with Crippen LogP contribution in [-0.2, 0) is 6.54 Å². The highest BCUT2D eigenvalue weighted by Gasteiger charge is 2.09. The van der Waals surface area contributed by atoms with Crippen LogP contribution in [0.4, 0.5) is 0 Å². The summed E-state index contributed by atoms with van der Waals surface area (Å²) in [6.07, 6.45) is 1.54. The largest absolute Gasteiger partial charge is 0.348 e. The number of aromatic amines is 1. The molecule has 0 saturated heterocycles. The molecule has 2 aromatic rings. The summed E-state index contributed by atoms with van der Waals surface area (Å²) in [5.41, 5.74) is 3.67. The van der Waals surface area contributed by atoms with Crippen molar-refractivity contribution >= 4 is 5.91 Å². The lowest BCUT2D eigenvalue weighted by Gasteiger charge is -2.05. The predicted octanol–water partition coefficient (Wildman–Crippen LogP) is 1.96. The smallest absolute Gasteiger partial charge is 0.255 e. The summed E-state index contributed by atoms with van der Waals surface area (Å²) in [4.78, 5) is 11.8. The molecule has 1 aromatic heterocycles. The Labute approximate surface area is 100 Å². The molecule has 0 spiro atoms. The van der Waals surface area contributed by atoms with Gasteiger partial charge in [-0.25, -0.2) is 0 Å². The molecule has 1 aromatic carbocycles. The SMILES string of the molecule is Cc1cccc(CNC(=O)c2cn[nH]c2C)c1. The number of nitrogens with zero attached hydrogens (tertiary/aromatic N) is 1. The number of aromatic nitrogens is 2. The molecule has 0 atom stereocenters. The average molecular weight is 229 g/mol. The Morgan fingerprint density at radius 1 is 1.41 bits per heavy atom. The Kier molecular flexibility index (Phi) is 3.23. The summed E-state index contributed by atoms with van der Waals surface area (Å²) in [7, 11) is 0. The first-order valence-corrected chi connectivity index (χ1v) is 5.50. The number of amides is 1. The van der Waals surface area contributed by atoms with Crippen LogP contribution in [0.5, 0.6) is 0 Å². The monoisotopic (exact) mass is 229 g/mol. The van der Waals surface area contributed by atoms with E-state index in [1.54, 1.807) is 6.20 Å². The fourth-order valence-electron chi connectivity index (χ4n) is 1.68. The number of nitrogens with one attached hydrogen (secondary N) is 2. The number of hydrogen-bond acceptors (Lipinski definition) is 2. The van der Waals surface area contributed by atoms with E-state index in [4.69, 9.17) is 0 Å². The Morgan fingerprint density at radius 3 is 2.88 bits per heavy atom. The van der Waals surface area contributed by atoms with Crippen LogP contribution in [0.3, 0.4) is 0 Å². The molecule has 88 valence electrons. The van der Waals surface area contributed by atoms with Gasteiger partial charge in [0.1, 0.15) is 0 Å². The first-order valence-electron chi connectivity index (χ1n) is 5.50. The van der Waals surface area contributed by atoms with Crippen molar-refractivity contribution in [3.8, 4) is 0 Å².